The molecule has 0 saturated heterocycles. The first kappa shape index (κ1) is 14.9. The van der Waals surface area contributed by atoms with Gasteiger partial charge in [-0.05, 0) is 55.5 Å². The minimum absolute atomic E-state index is 0.433. The molecule has 20 heavy (non-hydrogen) atoms. The van der Waals surface area contributed by atoms with E-state index >= 15 is 0 Å². The van der Waals surface area contributed by atoms with Crippen LogP contribution in [-0.2, 0) is 11.2 Å². The van der Waals surface area contributed by atoms with E-state index in [1.165, 1.54) is 11.1 Å². The molecule has 0 radical (unpaired) electrons. The highest BCUT2D eigenvalue weighted by atomic mass is 16.5. The molecular formula is C17H25NO2. The van der Waals surface area contributed by atoms with Crippen LogP contribution in [0.4, 0.5) is 0 Å². The third-order valence-electron chi connectivity index (χ3n) is 3.74. The fraction of sp³-hybridized carbons (Fsp3) is 0.529. The molecule has 3 heteroatoms. The zero-order valence-electron chi connectivity index (χ0n) is 12.5. The minimum Gasteiger partial charge on any atom is -0.501 e. The molecule has 1 aromatic carbocycles. The Kier molecular flexibility index (Phi) is 5.93. The van der Waals surface area contributed by atoms with Gasteiger partial charge in [0, 0.05) is 6.04 Å². The predicted octanol–water partition coefficient (Wildman–Crippen LogP) is 3.30. The molecule has 2 rings (SSSR count). The van der Waals surface area contributed by atoms with E-state index < -0.39 is 0 Å². The van der Waals surface area contributed by atoms with E-state index in [0.717, 1.165) is 44.6 Å². The van der Waals surface area contributed by atoms with Crippen molar-refractivity contribution in [3.63, 3.8) is 0 Å². The number of aryl methyl sites for hydroxylation is 1. The van der Waals surface area contributed by atoms with Crippen LogP contribution in [0.15, 0.2) is 36.1 Å². The topological polar surface area (TPSA) is 30.5 Å². The molecule has 1 aromatic rings. The summed E-state index contributed by atoms with van der Waals surface area (Å²) in [5.41, 5.74) is 2.76. The molecule has 1 aliphatic rings. The summed E-state index contributed by atoms with van der Waals surface area (Å²) in [7, 11) is 1.70. The molecule has 1 aliphatic heterocycles. The summed E-state index contributed by atoms with van der Waals surface area (Å²) < 4.78 is 10.7. The van der Waals surface area contributed by atoms with Crippen LogP contribution in [0.3, 0.4) is 0 Å². The number of likely N-dealkylation sites (N-methyl/N-ethyl adjacent to an activating group) is 1. The van der Waals surface area contributed by atoms with E-state index in [1.54, 1.807) is 7.11 Å². The van der Waals surface area contributed by atoms with Gasteiger partial charge in [0.15, 0.2) is 0 Å². The molecule has 0 amide bonds. The fourth-order valence-electron chi connectivity index (χ4n) is 2.61. The van der Waals surface area contributed by atoms with E-state index in [2.05, 4.69) is 24.4 Å². The van der Waals surface area contributed by atoms with Gasteiger partial charge in [-0.1, -0.05) is 19.1 Å². The highest BCUT2D eigenvalue weighted by Gasteiger charge is 2.16. The molecular weight excluding hydrogens is 250 g/mol. The Morgan fingerprint density at radius 2 is 2.10 bits per heavy atom. The van der Waals surface area contributed by atoms with Crippen LogP contribution in [0, 0.1) is 0 Å². The van der Waals surface area contributed by atoms with Crippen molar-refractivity contribution >= 4 is 0 Å². The van der Waals surface area contributed by atoms with Gasteiger partial charge in [-0.2, -0.15) is 0 Å². The number of methoxy groups -OCH3 is 1. The first-order valence-electron chi connectivity index (χ1n) is 7.50. The van der Waals surface area contributed by atoms with Gasteiger partial charge < -0.3 is 14.8 Å². The largest absolute Gasteiger partial charge is 0.501 e. The maximum absolute atomic E-state index is 5.47. The van der Waals surface area contributed by atoms with Gasteiger partial charge in [0.05, 0.1) is 20.0 Å². The zero-order chi connectivity index (χ0) is 14.2. The van der Waals surface area contributed by atoms with Crippen LogP contribution in [0.5, 0.6) is 5.75 Å². The van der Waals surface area contributed by atoms with Gasteiger partial charge in [0.2, 0.25) is 0 Å². The Balaban J connectivity index is 1.92. The lowest BCUT2D eigenvalue weighted by atomic mass is 9.96. The van der Waals surface area contributed by atoms with Crippen molar-refractivity contribution in [1.82, 2.24) is 5.32 Å². The molecule has 1 unspecified atom stereocenters. The van der Waals surface area contributed by atoms with Gasteiger partial charge in [-0.15, -0.1) is 0 Å². The van der Waals surface area contributed by atoms with Crippen LogP contribution < -0.4 is 10.1 Å². The summed E-state index contributed by atoms with van der Waals surface area (Å²) in [6.45, 7) is 4.01. The van der Waals surface area contributed by atoms with Crippen molar-refractivity contribution < 1.29 is 9.47 Å². The molecule has 0 bridgehead atoms. The number of ether oxygens (including phenoxy) is 2. The molecule has 3 nitrogen and oxygen atoms in total. The van der Waals surface area contributed by atoms with Crippen LogP contribution >= 0.6 is 0 Å². The first-order chi connectivity index (χ1) is 9.83. The number of hydrogen-bond acceptors (Lipinski definition) is 3. The Morgan fingerprint density at radius 1 is 1.30 bits per heavy atom. The van der Waals surface area contributed by atoms with Crippen LogP contribution in [0.25, 0.3) is 0 Å². The van der Waals surface area contributed by atoms with Gasteiger partial charge in [0.25, 0.3) is 0 Å². The van der Waals surface area contributed by atoms with E-state index in [1.807, 2.05) is 18.4 Å². The van der Waals surface area contributed by atoms with Gasteiger partial charge in [-0.25, -0.2) is 0 Å². The van der Waals surface area contributed by atoms with Crippen molar-refractivity contribution in [1.29, 1.82) is 0 Å². The van der Waals surface area contributed by atoms with Crippen molar-refractivity contribution in [3.8, 4) is 5.75 Å². The molecule has 110 valence electrons. The molecule has 0 aliphatic carbocycles. The molecule has 0 fully saturated rings. The highest BCUT2D eigenvalue weighted by Crippen LogP contribution is 2.20. The Hall–Kier alpha value is -1.48. The molecule has 1 N–H and O–H groups in total. The lowest BCUT2D eigenvalue weighted by Gasteiger charge is -2.24. The van der Waals surface area contributed by atoms with Crippen molar-refractivity contribution in [2.75, 3.05) is 20.3 Å². The van der Waals surface area contributed by atoms with Crippen LogP contribution in [0.2, 0.25) is 0 Å². The normalized spacial score (nSPS) is 16.2. The summed E-state index contributed by atoms with van der Waals surface area (Å²) in [6, 6.07) is 8.78. The van der Waals surface area contributed by atoms with E-state index in [9.17, 15) is 0 Å². The summed E-state index contributed by atoms with van der Waals surface area (Å²) in [6.07, 6.45) is 6.43. The second kappa shape index (κ2) is 7.95. The van der Waals surface area contributed by atoms with Crippen molar-refractivity contribution in [3.05, 3.63) is 41.7 Å². The van der Waals surface area contributed by atoms with Gasteiger partial charge >= 0.3 is 0 Å². The summed E-state index contributed by atoms with van der Waals surface area (Å²) in [5.74, 6) is 0.917. The molecule has 1 atom stereocenters. The smallest absolute Gasteiger partial charge is 0.118 e. The second-order valence-corrected chi connectivity index (χ2v) is 5.16. The van der Waals surface area contributed by atoms with Crippen LogP contribution in [-0.4, -0.2) is 26.3 Å². The minimum atomic E-state index is 0.433. The average Bonchev–Trinajstić information content (AvgIpc) is 2.53. The summed E-state index contributed by atoms with van der Waals surface area (Å²) in [5, 5.41) is 3.57. The monoisotopic (exact) mass is 275 g/mol. The first-order valence-corrected chi connectivity index (χ1v) is 7.50. The third-order valence-corrected chi connectivity index (χ3v) is 3.74. The Morgan fingerprint density at radius 3 is 2.70 bits per heavy atom. The average molecular weight is 275 g/mol. The number of rotatable bonds is 7. The lowest BCUT2D eigenvalue weighted by molar-refractivity contribution is 0.218. The van der Waals surface area contributed by atoms with E-state index in [4.69, 9.17) is 9.47 Å². The maximum atomic E-state index is 5.47. The molecule has 0 spiro atoms. The lowest BCUT2D eigenvalue weighted by Crippen LogP contribution is -2.32. The predicted molar refractivity (Wildman–Crippen MR) is 82.0 cm³/mol. The van der Waals surface area contributed by atoms with Gasteiger partial charge in [-0.3, -0.25) is 0 Å². The molecule has 0 aromatic heterocycles. The third kappa shape index (κ3) is 4.27. The van der Waals surface area contributed by atoms with E-state index in [-0.39, 0.29) is 0 Å². The Labute approximate surface area is 122 Å². The molecule has 0 saturated carbocycles. The second-order valence-electron chi connectivity index (χ2n) is 5.16. The fourth-order valence-corrected chi connectivity index (χ4v) is 2.61. The SMILES string of the molecule is CCNC(CCc1ccc(OC)cc1)C1=COCCC1. The molecule has 1 heterocycles. The summed E-state index contributed by atoms with van der Waals surface area (Å²) in [4.78, 5) is 0. The summed E-state index contributed by atoms with van der Waals surface area (Å²) >= 11 is 0. The standard InChI is InChI=1S/C17H25NO2/c1-3-18-17(15-5-4-12-20-13-15)11-8-14-6-9-16(19-2)10-7-14/h6-7,9-10,13,17-18H,3-5,8,11-12H2,1-2H3. The highest BCUT2D eigenvalue weighted by molar-refractivity contribution is 5.27. The van der Waals surface area contributed by atoms with Crippen molar-refractivity contribution in [2.24, 2.45) is 0 Å². The quantitative estimate of drug-likeness (QED) is 0.828. The zero-order valence-corrected chi connectivity index (χ0v) is 12.5. The number of nitrogens with one attached hydrogen (secondary N) is 1. The van der Waals surface area contributed by atoms with Gasteiger partial charge in [0.1, 0.15) is 5.75 Å². The van der Waals surface area contributed by atoms with Crippen LogP contribution in [0.1, 0.15) is 31.7 Å². The van der Waals surface area contributed by atoms with E-state index in [0.29, 0.717) is 6.04 Å². The Bertz CT molecular complexity index is 425. The number of benzene rings is 1. The maximum Gasteiger partial charge on any atom is 0.118 e. The van der Waals surface area contributed by atoms with Crippen molar-refractivity contribution in [2.45, 2.75) is 38.6 Å². The number of hydrogen-bond donors (Lipinski definition) is 1.